The number of halogens is 2. The van der Waals surface area contributed by atoms with Crippen LogP contribution in [0.4, 0.5) is 20.4 Å². The van der Waals surface area contributed by atoms with Crippen LogP contribution in [0.1, 0.15) is 56.3 Å². The van der Waals surface area contributed by atoms with E-state index in [4.69, 9.17) is 4.74 Å². The quantitative estimate of drug-likeness (QED) is 0.399. The SMILES string of the molecule is C=C(/C(=N\c1ncnc(N[C@H](C)c2cccc(C(F)(F)C(C)(C)O)c2)c1C)OC)C1(C#N)CC1. The molecule has 1 atom stereocenters. The number of hydrogen-bond acceptors (Lipinski definition) is 7. The number of aromatic nitrogens is 2. The molecule has 0 amide bonds. The van der Waals surface area contributed by atoms with E-state index in [0.29, 0.717) is 41.2 Å². The van der Waals surface area contributed by atoms with E-state index in [1.54, 1.807) is 13.0 Å². The topological polar surface area (TPSA) is 103 Å². The van der Waals surface area contributed by atoms with Crippen molar-refractivity contribution in [1.82, 2.24) is 9.97 Å². The van der Waals surface area contributed by atoms with E-state index < -0.39 is 16.9 Å². The third-order valence-corrected chi connectivity index (χ3v) is 6.13. The molecule has 1 fully saturated rings. The van der Waals surface area contributed by atoms with E-state index in [1.807, 2.05) is 6.92 Å². The van der Waals surface area contributed by atoms with Crippen LogP contribution >= 0.6 is 0 Å². The average molecular weight is 470 g/mol. The van der Waals surface area contributed by atoms with Gasteiger partial charge in [0.1, 0.15) is 17.7 Å². The van der Waals surface area contributed by atoms with Crippen molar-refractivity contribution in [1.29, 1.82) is 5.26 Å². The Labute approximate surface area is 198 Å². The maximum Gasteiger partial charge on any atom is 0.300 e. The minimum atomic E-state index is -3.42. The standard InChI is InChI=1S/C25H29F2N5O2/c1-15-20(29-14-30-21(15)32-22(34-6)16(2)24(13-28)10-11-24)31-17(3)18-8-7-9-19(12-18)25(26,27)23(4,5)33/h7-9,12,14,17,33H,2,10-11H2,1,3-6H3,(H,29,30,31)/b32-22+/t17-/m1/s1. The van der Waals surface area contributed by atoms with Gasteiger partial charge in [0.25, 0.3) is 0 Å². The number of nitrogens with zero attached hydrogens (tertiary/aromatic N) is 4. The summed E-state index contributed by atoms with van der Waals surface area (Å²) in [6, 6.07) is 7.81. The second-order valence-corrected chi connectivity index (χ2v) is 9.09. The normalized spacial score (nSPS) is 16.4. The number of nitriles is 1. The molecule has 7 nitrogen and oxygen atoms in total. The number of aliphatic hydroxyl groups is 1. The molecule has 1 aliphatic rings. The van der Waals surface area contributed by atoms with Crippen LogP contribution in [0.25, 0.3) is 0 Å². The highest BCUT2D eigenvalue weighted by Gasteiger charge is 2.48. The molecule has 0 radical (unpaired) electrons. The first kappa shape index (κ1) is 25.2. The van der Waals surface area contributed by atoms with Crippen LogP contribution in [-0.2, 0) is 10.7 Å². The minimum Gasteiger partial charge on any atom is -0.481 e. The van der Waals surface area contributed by atoms with Crippen molar-refractivity contribution in [2.75, 3.05) is 12.4 Å². The Morgan fingerprint density at radius 3 is 2.59 bits per heavy atom. The van der Waals surface area contributed by atoms with Crippen molar-refractivity contribution in [3.05, 3.63) is 59.4 Å². The number of aliphatic imine (C=N–C) groups is 1. The summed E-state index contributed by atoms with van der Waals surface area (Å²) in [5.41, 5.74) is -1.38. The molecule has 1 aliphatic carbocycles. The second kappa shape index (κ2) is 9.11. The fourth-order valence-corrected chi connectivity index (χ4v) is 3.49. The fourth-order valence-electron chi connectivity index (χ4n) is 3.49. The smallest absolute Gasteiger partial charge is 0.300 e. The first-order valence-corrected chi connectivity index (χ1v) is 10.9. The highest BCUT2D eigenvalue weighted by molar-refractivity contribution is 5.97. The molecule has 0 unspecified atom stereocenters. The molecule has 34 heavy (non-hydrogen) atoms. The van der Waals surface area contributed by atoms with Gasteiger partial charge in [-0.1, -0.05) is 24.8 Å². The molecule has 180 valence electrons. The lowest BCUT2D eigenvalue weighted by molar-refractivity contribution is -0.168. The lowest BCUT2D eigenvalue weighted by Crippen LogP contribution is -2.40. The summed E-state index contributed by atoms with van der Waals surface area (Å²) >= 11 is 0. The summed E-state index contributed by atoms with van der Waals surface area (Å²) in [5, 5.41) is 22.6. The maximum atomic E-state index is 14.6. The number of methoxy groups -OCH3 is 1. The Bertz CT molecular complexity index is 1160. The van der Waals surface area contributed by atoms with Crippen molar-refractivity contribution in [3.63, 3.8) is 0 Å². The molecule has 0 spiro atoms. The summed E-state index contributed by atoms with van der Waals surface area (Å²) in [7, 11) is 1.46. The number of alkyl halides is 2. The van der Waals surface area contributed by atoms with Gasteiger partial charge in [0, 0.05) is 22.7 Å². The van der Waals surface area contributed by atoms with Gasteiger partial charge in [-0.3, -0.25) is 0 Å². The molecule has 1 saturated carbocycles. The number of benzene rings is 1. The van der Waals surface area contributed by atoms with Crippen molar-refractivity contribution >= 4 is 17.5 Å². The zero-order chi connectivity index (χ0) is 25.3. The van der Waals surface area contributed by atoms with Gasteiger partial charge >= 0.3 is 5.92 Å². The van der Waals surface area contributed by atoms with Crippen molar-refractivity contribution in [2.45, 2.75) is 58.1 Å². The summed E-state index contributed by atoms with van der Waals surface area (Å²) in [6.07, 6.45) is 2.76. The van der Waals surface area contributed by atoms with Crippen LogP contribution in [-0.4, -0.2) is 33.7 Å². The van der Waals surface area contributed by atoms with E-state index in [2.05, 4.69) is 32.9 Å². The van der Waals surface area contributed by atoms with E-state index in [-0.39, 0.29) is 17.5 Å². The van der Waals surface area contributed by atoms with Crippen LogP contribution in [0, 0.1) is 23.7 Å². The molecule has 1 aromatic carbocycles. The van der Waals surface area contributed by atoms with Gasteiger partial charge in [-0.2, -0.15) is 19.0 Å². The van der Waals surface area contributed by atoms with E-state index in [0.717, 1.165) is 13.8 Å². The minimum absolute atomic E-state index is 0.237. The molecular formula is C25H29F2N5O2. The molecule has 2 N–H and O–H groups in total. The molecule has 2 aromatic rings. The third kappa shape index (κ3) is 4.77. The largest absolute Gasteiger partial charge is 0.481 e. The Kier molecular flexibility index (Phi) is 6.76. The number of anilines is 1. The van der Waals surface area contributed by atoms with Crippen LogP contribution < -0.4 is 5.32 Å². The number of nitrogens with one attached hydrogen (secondary N) is 1. The Hall–Kier alpha value is -3.38. The molecule has 0 bridgehead atoms. The average Bonchev–Trinajstić information content (AvgIpc) is 3.60. The van der Waals surface area contributed by atoms with Crippen molar-refractivity contribution < 1.29 is 18.6 Å². The molecule has 0 aliphatic heterocycles. The lowest BCUT2D eigenvalue weighted by atomic mass is 9.91. The monoisotopic (exact) mass is 469 g/mol. The van der Waals surface area contributed by atoms with Crippen molar-refractivity contribution in [3.8, 4) is 6.07 Å². The first-order chi connectivity index (χ1) is 15.9. The summed E-state index contributed by atoms with van der Waals surface area (Å²) in [6.45, 7) is 9.75. The summed E-state index contributed by atoms with van der Waals surface area (Å²) in [5.74, 6) is -2.36. The molecule has 1 aromatic heterocycles. The van der Waals surface area contributed by atoms with Gasteiger partial charge in [0.05, 0.1) is 18.6 Å². The van der Waals surface area contributed by atoms with Gasteiger partial charge in [0.15, 0.2) is 5.82 Å². The second-order valence-electron chi connectivity index (χ2n) is 9.09. The molecular weight excluding hydrogens is 440 g/mol. The Morgan fingerprint density at radius 1 is 1.35 bits per heavy atom. The predicted molar refractivity (Wildman–Crippen MR) is 126 cm³/mol. The Morgan fingerprint density at radius 2 is 2.03 bits per heavy atom. The van der Waals surface area contributed by atoms with E-state index in [9.17, 15) is 19.1 Å². The van der Waals surface area contributed by atoms with Crippen LogP contribution in [0.5, 0.6) is 0 Å². The predicted octanol–water partition coefficient (Wildman–Crippen LogP) is 5.36. The molecule has 9 heteroatoms. The highest BCUT2D eigenvalue weighted by Crippen LogP contribution is 2.51. The van der Waals surface area contributed by atoms with Gasteiger partial charge in [-0.15, -0.1) is 0 Å². The Balaban J connectivity index is 1.87. The van der Waals surface area contributed by atoms with E-state index in [1.165, 1.54) is 31.6 Å². The van der Waals surface area contributed by atoms with Crippen LogP contribution in [0.15, 0.2) is 47.7 Å². The number of ether oxygens (including phenoxy) is 1. The molecule has 1 heterocycles. The van der Waals surface area contributed by atoms with Gasteiger partial charge < -0.3 is 15.2 Å². The lowest BCUT2D eigenvalue weighted by Gasteiger charge is -2.30. The van der Waals surface area contributed by atoms with Crippen LogP contribution in [0.2, 0.25) is 0 Å². The van der Waals surface area contributed by atoms with E-state index >= 15 is 0 Å². The van der Waals surface area contributed by atoms with Gasteiger partial charge in [-0.25, -0.2) is 9.97 Å². The molecule has 3 rings (SSSR count). The zero-order valence-corrected chi connectivity index (χ0v) is 20.0. The van der Waals surface area contributed by atoms with Crippen molar-refractivity contribution in [2.24, 2.45) is 10.4 Å². The van der Waals surface area contributed by atoms with Gasteiger partial charge in [0.2, 0.25) is 5.90 Å². The fraction of sp³-hybridized carbons (Fsp3) is 0.440. The van der Waals surface area contributed by atoms with Gasteiger partial charge in [-0.05, 0) is 52.2 Å². The van der Waals surface area contributed by atoms with Crippen LogP contribution in [0.3, 0.4) is 0 Å². The first-order valence-electron chi connectivity index (χ1n) is 10.9. The third-order valence-electron chi connectivity index (χ3n) is 6.13. The summed E-state index contributed by atoms with van der Waals surface area (Å²) in [4.78, 5) is 13.0. The number of rotatable bonds is 8. The highest BCUT2D eigenvalue weighted by atomic mass is 19.3. The summed E-state index contributed by atoms with van der Waals surface area (Å²) < 4.78 is 34.7. The molecule has 0 saturated heterocycles. The zero-order valence-electron chi connectivity index (χ0n) is 20.0. The number of hydrogen-bond donors (Lipinski definition) is 2. The maximum absolute atomic E-state index is 14.6.